The number of aliphatic hydroxyl groups excluding tert-OH is 1. The highest BCUT2D eigenvalue weighted by Crippen LogP contribution is 2.05. The van der Waals surface area contributed by atoms with Gasteiger partial charge in [-0.05, 0) is 20.9 Å². The van der Waals surface area contributed by atoms with E-state index in [2.05, 4.69) is 10.5 Å². The zero-order valence-corrected chi connectivity index (χ0v) is 16.3. The number of nitrogens with zero attached hydrogens (tertiary/aromatic N) is 2. The van der Waals surface area contributed by atoms with Crippen LogP contribution in [0.3, 0.4) is 0 Å². The zero-order valence-electron chi connectivity index (χ0n) is 16.3. The molecule has 0 spiro atoms. The summed E-state index contributed by atoms with van der Waals surface area (Å²) in [6.45, 7) is 9.41. The molecular formula is C16H37N3O5. The highest BCUT2D eigenvalue weighted by Gasteiger charge is 2.21. The van der Waals surface area contributed by atoms with E-state index >= 15 is 0 Å². The van der Waals surface area contributed by atoms with Gasteiger partial charge in [-0.2, -0.15) is 0 Å². The first-order valence-corrected chi connectivity index (χ1v) is 7.92. The third-order valence-electron chi connectivity index (χ3n) is 2.66. The van der Waals surface area contributed by atoms with Crippen molar-refractivity contribution in [3.05, 3.63) is 0 Å². The molecular weight excluding hydrogens is 314 g/mol. The lowest BCUT2D eigenvalue weighted by Gasteiger charge is -2.33. The highest BCUT2D eigenvalue weighted by molar-refractivity contribution is 5.78. The van der Waals surface area contributed by atoms with E-state index in [4.69, 9.17) is 10.2 Å². The molecule has 0 atom stereocenters. The maximum absolute atomic E-state index is 11.5. The minimum absolute atomic E-state index is 0.0581. The Balaban J connectivity index is -0.000000336. The molecule has 1 saturated heterocycles. The van der Waals surface area contributed by atoms with Gasteiger partial charge in [0, 0.05) is 46.3 Å². The van der Waals surface area contributed by atoms with Gasteiger partial charge in [-0.3, -0.25) is 9.59 Å². The predicted octanol–water partition coefficient (Wildman–Crippen LogP) is -0.470. The van der Waals surface area contributed by atoms with Crippen LogP contribution in [0, 0.1) is 5.92 Å². The maximum atomic E-state index is 11.5. The summed E-state index contributed by atoms with van der Waals surface area (Å²) in [4.78, 5) is 25.4. The molecule has 1 aliphatic heterocycles. The molecule has 146 valence electrons. The van der Waals surface area contributed by atoms with E-state index in [1.54, 1.807) is 33.0 Å². The van der Waals surface area contributed by atoms with Crippen LogP contribution >= 0.6 is 0 Å². The molecule has 8 nitrogen and oxygen atoms in total. The average molecular weight is 351 g/mol. The Morgan fingerprint density at radius 3 is 1.75 bits per heavy atom. The fourth-order valence-electron chi connectivity index (χ4n) is 1.41. The van der Waals surface area contributed by atoms with Gasteiger partial charge in [-0.1, -0.05) is 13.8 Å². The Hall–Kier alpha value is -1.22. The first-order chi connectivity index (χ1) is 11.1. The second kappa shape index (κ2) is 16.6. The van der Waals surface area contributed by atoms with Crippen LogP contribution in [0.1, 0.15) is 27.7 Å². The molecule has 0 aromatic rings. The van der Waals surface area contributed by atoms with Crippen LogP contribution in [0.4, 0.5) is 0 Å². The van der Waals surface area contributed by atoms with Crippen molar-refractivity contribution in [3.63, 3.8) is 0 Å². The number of rotatable bonds is 3. The molecule has 0 aliphatic carbocycles. The average Bonchev–Trinajstić information content (AvgIpc) is 2.56. The maximum Gasteiger partial charge on any atom is 0.225 e. The van der Waals surface area contributed by atoms with Crippen molar-refractivity contribution in [2.75, 3.05) is 54.1 Å². The SMILES string of the molecule is CC(C)(O)CO.CC(C)C(=O)N1CCN(C=O)CC1.CN.COC. The molecule has 0 aromatic carbocycles. The molecule has 1 aliphatic rings. The van der Waals surface area contributed by atoms with E-state index in [1.165, 1.54) is 7.05 Å². The Kier molecular flexibility index (Phi) is 19.1. The molecule has 8 heteroatoms. The Morgan fingerprint density at radius 1 is 1.21 bits per heavy atom. The first kappa shape index (κ1) is 27.6. The van der Waals surface area contributed by atoms with Gasteiger partial charge in [0.05, 0.1) is 12.2 Å². The molecule has 4 N–H and O–H groups in total. The van der Waals surface area contributed by atoms with E-state index in [9.17, 15) is 9.59 Å². The fourth-order valence-corrected chi connectivity index (χ4v) is 1.41. The number of amides is 2. The van der Waals surface area contributed by atoms with E-state index in [-0.39, 0.29) is 18.4 Å². The second-order valence-corrected chi connectivity index (χ2v) is 6.00. The van der Waals surface area contributed by atoms with E-state index in [1.807, 2.05) is 18.7 Å². The quantitative estimate of drug-likeness (QED) is 0.592. The van der Waals surface area contributed by atoms with Gasteiger partial charge in [0.15, 0.2) is 0 Å². The summed E-state index contributed by atoms with van der Waals surface area (Å²) in [6, 6.07) is 0. The molecule has 0 radical (unpaired) electrons. The van der Waals surface area contributed by atoms with Gasteiger partial charge in [0.25, 0.3) is 0 Å². The number of piperazine rings is 1. The van der Waals surface area contributed by atoms with Gasteiger partial charge in [-0.15, -0.1) is 0 Å². The topological polar surface area (TPSA) is 116 Å². The Morgan fingerprint density at radius 2 is 1.54 bits per heavy atom. The number of hydrogen-bond acceptors (Lipinski definition) is 6. The van der Waals surface area contributed by atoms with Crippen LogP contribution in [-0.2, 0) is 14.3 Å². The summed E-state index contributed by atoms with van der Waals surface area (Å²) in [7, 11) is 4.75. The van der Waals surface area contributed by atoms with Crippen molar-refractivity contribution in [3.8, 4) is 0 Å². The van der Waals surface area contributed by atoms with Crippen LogP contribution in [0.2, 0.25) is 0 Å². The van der Waals surface area contributed by atoms with Crippen molar-refractivity contribution in [1.29, 1.82) is 0 Å². The third-order valence-corrected chi connectivity index (χ3v) is 2.66. The summed E-state index contributed by atoms with van der Waals surface area (Å²) in [6.07, 6.45) is 0.844. The molecule has 0 unspecified atom stereocenters. The molecule has 1 heterocycles. The molecule has 0 aromatic heterocycles. The van der Waals surface area contributed by atoms with Crippen molar-refractivity contribution in [2.45, 2.75) is 33.3 Å². The van der Waals surface area contributed by atoms with Gasteiger partial charge in [0.1, 0.15) is 0 Å². The molecule has 2 amide bonds. The summed E-state index contributed by atoms with van der Waals surface area (Å²) in [5.41, 5.74) is 3.60. The number of methoxy groups -OCH3 is 1. The summed E-state index contributed by atoms with van der Waals surface area (Å²) in [5, 5.41) is 16.7. The standard InChI is InChI=1S/C9H16N2O2.C4H10O2.C2H6O.CH5N/c1-8(2)9(13)11-5-3-10(7-12)4-6-11;1-4(2,6)3-5;1-3-2;1-2/h7-8H,3-6H2,1-2H3;5-6H,3H2,1-2H3;1-2H3;2H2,1H3. The van der Waals surface area contributed by atoms with E-state index in [0.29, 0.717) is 26.2 Å². The lowest BCUT2D eigenvalue weighted by atomic mass is 10.2. The van der Waals surface area contributed by atoms with Gasteiger partial charge < -0.3 is 30.5 Å². The highest BCUT2D eigenvalue weighted by atomic mass is 16.4. The molecule has 1 rings (SSSR count). The summed E-state index contributed by atoms with van der Waals surface area (Å²) >= 11 is 0. The lowest BCUT2D eigenvalue weighted by molar-refractivity contribution is -0.138. The van der Waals surface area contributed by atoms with E-state index in [0.717, 1.165) is 6.41 Å². The van der Waals surface area contributed by atoms with Crippen molar-refractivity contribution in [2.24, 2.45) is 11.7 Å². The molecule has 0 bridgehead atoms. The monoisotopic (exact) mass is 351 g/mol. The number of hydrogen-bond donors (Lipinski definition) is 3. The van der Waals surface area contributed by atoms with Crippen molar-refractivity contribution >= 4 is 12.3 Å². The lowest BCUT2D eigenvalue weighted by Crippen LogP contribution is -2.49. The number of carbonyl (C=O) groups excluding carboxylic acids is 2. The zero-order chi connectivity index (χ0) is 19.8. The minimum atomic E-state index is -0.903. The molecule has 1 fully saturated rings. The van der Waals surface area contributed by atoms with Crippen LogP contribution in [0.5, 0.6) is 0 Å². The normalized spacial score (nSPS) is 13.6. The molecule has 24 heavy (non-hydrogen) atoms. The smallest absolute Gasteiger partial charge is 0.225 e. The summed E-state index contributed by atoms with van der Waals surface area (Å²) in [5.74, 6) is 0.244. The van der Waals surface area contributed by atoms with Crippen LogP contribution < -0.4 is 5.73 Å². The van der Waals surface area contributed by atoms with E-state index < -0.39 is 5.60 Å². The van der Waals surface area contributed by atoms with Gasteiger partial charge >= 0.3 is 0 Å². The number of carbonyl (C=O) groups is 2. The van der Waals surface area contributed by atoms with Crippen molar-refractivity contribution < 1.29 is 24.5 Å². The Bertz CT molecular complexity index is 299. The second-order valence-electron chi connectivity index (χ2n) is 6.00. The third kappa shape index (κ3) is 17.1. The van der Waals surface area contributed by atoms with Crippen LogP contribution in [0.15, 0.2) is 0 Å². The Labute approximate surface area is 146 Å². The molecule has 0 saturated carbocycles. The number of ether oxygens (including phenoxy) is 1. The predicted molar refractivity (Wildman–Crippen MR) is 95.5 cm³/mol. The fraction of sp³-hybridized carbons (Fsp3) is 0.875. The number of nitrogens with two attached hydrogens (primary N) is 1. The van der Waals surface area contributed by atoms with Crippen molar-refractivity contribution in [1.82, 2.24) is 9.80 Å². The number of aliphatic hydroxyl groups is 2. The van der Waals surface area contributed by atoms with Gasteiger partial charge in [-0.25, -0.2) is 0 Å². The first-order valence-electron chi connectivity index (χ1n) is 7.92. The largest absolute Gasteiger partial charge is 0.393 e. The van der Waals surface area contributed by atoms with Gasteiger partial charge in [0.2, 0.25) is 12.3 Å². The summed E-state index contributed by atoms with van der Waals surface area (Å²) < 4.78 is 4.25. The minimum Gasteiger partial charge on any atom is -0.393 e. The van der Waals surface area contributed by atoms with Crippen LogP contribution in [0.25, 0.3) is 0 Å². The van der Waals surface area contributed by atoms with Crippen LogP contribution in [-0.4, -0.2) is 92.0 Å².